The summed E-state index contributed by atoms with van der Waals surface area (Å²) >= 11 is 0.979. The van der Waals surface area contributed by atoms with Gasteiger partial charge in [-0.3, -0.25) is 9.59 Å². The van der Waals surface area contributed by atoms with Gasteiger partial charge < -0.3 is 4.98 Å². The Labute approximate surface area is 184 Å². The summed E-state index contributed by atoms with van der Waals surface area (Å²) in [5.41, 5.74) is -2.05. The van der Waals surface area contributed by atoms with Crippen LogP contribution in [0.5, 0.6) is 0 Å². The van der Waals surface area contributed by atoms with E-state index in [1.165, 1.54) is 12.1 Å². The highest BCUT2D eigenvalue weighted by atomic mass is 32.2. The maximum Gasteiger partial charge on any atom is 0.416 e. The number of benzene rings is 1. The van der Waals surface area contributed by atoms with Crippen LogP contribution in [0.3, 0.4) is 0 Å². The van der Waals surface area contributed by atoms with Gasteiger partial charge in [-0.15, -0.1) is 9.73 Å². The number of H-pyrrole nitrogens is 1. The first-order valence-electron chi connectivity index (χ1n) is 9.01. The van der Waals surface area contributed by atoms with Crippen molar-refractivity contribution < 1.29 is 22.0 Å². The van der Waals surface area contributed by atoms with E-state index in [1.54, 1.807) is 0 Å². The minimum absolute atomic E-state index is 0.0197. The lowest BCUT2D eigenvalue weighted by molar-refractivity contribution is -0.137. The molecule has 0 bridgehead atoms. The van der Waals surface area contributed by atoms with Gasteiger partial charge in [0.1, 0.15) is 0 Å². The standard InChI is InChI=1S/C19H11F5N6O2S/c20-13(21)5-11-6-27-30-16(11)17(32)29(14-7-26-15(31)8-25-14)18(28-30)33-9-10-1-3-12(4-2-10)19(22,23)24/h1-8H,9H2,(H,26,31). The second-order valence-corrected chi connectivity index (χ2v) is 7.49. The first-order chi connectivity index (χ1) is 15.6. The number of aromatic amines is 1. The smallest absolute Gasteiger partial charge is 0.324 e. The zero-order chi connectivity index (χ0) is 23.8. The molecule has 0 saturated carbocycles. The van der Waals surface area contributed by atoms with Crippen LogP contribution in [0.2, 0.25) is 0 Å². The Balaban J connectivity index is 1.79. The third kappa shape index (κ3) is 4.69. The molecule has 0 aliphatic carbocycles. The van der Waals surface area contributed by atoms with Gasteiger partial charge in [0, 0.05) is 23.6 Å². The summed E-state index contributed by atoms with van der Waals surface area (Å²) in [7, 11) is 0. The predicted octanol–water partition coefficient (Wildman–Crippen LogP) is 3.51. The van der Waals surface area contributed by atoms with Crippen molar-refractivity contribution in [3.63, 3.8) is 0 Å². The molecule has 0 spiro atoms. The zero-order valence-electron chi connectivity index (χ0n) is 16.2. The number of fused-ring (bicyclic) bond motifs is 1. The monoisotopic (exact) mass is 482 g/mol. The Morgan fingerprint density at radius 1 is 1.12 bits per heavy atom. The van der Waals surface area contributed by atoms with E-state index in [-0.39, 0.29) is 27.8 Å². The number of hydrogen-bond donors (Lipinski definition) is 1. The van der Waals surface area contributed by atoms with Crippen LogP contribution in [-0.4, -0.2) is 29.4 Å². The van der Waals surface area contributed by atoms with Crippen LogP contribution in [0.4, 0.5) is 22.0 Å². The number of alkyl halides is 3. The highest BCUT2D eigenvalue weighted by Gasteiger charge is 2.30. The number of hydrogen-bond acceptors (Lipinski definition) is 6. The third-order valence-corrected chi connectivity index (χ3v) is 5.36. The quantitative estimate of drug-likeness (QED) is 0.345. The first kappa shape index (κ1) is 22.4. The Bertz CT molecular complexity index is 1450. The fourth-order valence-corrected chi connectivity index (χ4v) is 3.80. The summed E-state index contributed by atoms with van der Waals surface area (Å²) in [6.45, 7) is 0. The topological polar surface area (TPSA) is 97.9 Å². The van der Waals surface area contributed by atoms with E-state index in [0.717, 1.165) is 51.7 Å². The largest absolute Gasteiger partial charge is 0.416 e. The molecule has 33 heavy (non-hydrogen) atoms. The highest BCUT2D eigenvalue weighted by Crippen LogP contribution is 2.30. The van der Waals surface area contributed by atoms with Crippen LogP contribution in [0.25, 0.3) is 17.4 Å². The fraction of sp³-hybridized carbons (Fsp3) is 0.105. The van der Waals surface area contributed by atoms with Crippen LogP contribution >= 0.6 is 11.8 Å². The summed E-state index contributed by atoms with van der Waals surface area (Å²) in [4.78, 5) is 30.8. The number of nitrogens with zero attached hydrogens (tertiary/aromatic N) is 5. The molecule has 3 aromatic heterocycles. The summed E-state index contributed by atoms with van der Waals surface area (Å²) in [6.07, 6.45) is -2.94. The lowest BCUT2D eigenvalue weighted by Gasteiger charge is -2.11. The normalized spacial score (nSPS) is 11.7. The van der Waals surface area contributed by atoms with Crippen LogP contribution in [-0.2, 0) is 11.9 Å². The molecule has 4 rings (SSSR count). The molecule has 1 N–H and O–H groups in total. The van der Waals surface area contributed by atoms with E-state index in [9.17, 15) is 31.5 Å². The lowest BCUT2D eigenvalue weighted by atomic mass is 10.1. The molecule has 4 aromatic rings. The average molecular weight is 482 g/mol. The van der Waals surface area contributed by atoms with E-state index in [4.69, 9.17) is 0 Å². The summed E-state index contributed by atoms with van der Waals surface area (Å²) in [6, 6.07) is 4.44. The molecule has 170 valence electrons. The van der Waals surface area contributed by atoms with Gasteiger partial charge in [0.2, 0.25) is 0 Å². The van der Waals surface area contributed by atoms with Gasteiger partial charge in [-0.05, 0) is 17.7 Å². The van der Waals surface area contributed by atoms with Gasteiger partial charge in [0.25, 0.3) is 17.2 Å². The molecule has 8 nitrogen and oxygen atoms in total. The maximum absolute atomic E-state index is 13.2. The second kappa shape index (κ2) is 8.61. The van der Waals surface area contributed by atoms with Crippen molar-refractivity contribution in [3.05, 3.63) is 86.3 Å². The van der Waals surface area contributed by atoms with Gasteiger partial charge in [-0.1, -0.05) is 23.9 Å². The molecule has 0 aliphatic rings. The molecule has 0 fully saturated rings. The molecule has 0 atom stereocenters. The van der Waals surface area contributed by atoms with Crippen molar-refractivity contribution in [3.8, 4) is 5.82 Å². The fourth-order valence-electron chi connectivity index (χ4n) is 2.87. The average Bonchev–Trinajstić information content (AvgIpc) is 3.15. The predicted molar refractivity (Wildman–Crippen MR) is 108 cm³/mol. The second-order valence-electron chi connectivity index (χ2n) is 6.55. The molecule has 0 radical (unpaired) electrons. The van der Waals surface area contributed by atoms with Gasteiger partial charge in [0.15, 0.2) is 16.5 Å². The van der Waals surface area contributed by atoms with Crippen molar-refractivity contribution >= 4 is 23.4 Å². The molecule has 1 aromatic carbocycles. The Hall–Kier alpha value is -3.81. The maximum atomic E-state index is 13.2. The number of thioether (sulfide) groups is 1. The molecule has 0 amide bonds. The SMILES string of the molecule is O=c1cnc(-n2c(SCc3ccc(C(F)(F)F)cc3)nn3ncc(C=C(F)F)c3c2=O)c[nH]1. The van der Waals surface area contributed by atoms with Crippen molar-refractivity contribution in [2.75, 3.05) is 0 Å². The Kier molecular flexibility index (Phi) is 5.84. The van der Waals surface area contributed by atoms with E-state index in [2.05, 4.69) is 20.2 Å². The van der Waals surface area contributed by atoms with Crippen LogP contribution in [0.15, 0.2) is 63.7 Å². The van der Waals surface area contributed by atoms with E-state index < -0.39 is 28.9 Å². The van der Waals surface area contributed by atoms with E-state index in [1.807, 2.05) is 0 Å². The number of rotatable bonds is 5. The van der Waals surface area contributed by atoms with Gasteiger partial charge in [-0.25, -0.2) is 9.55 Å². The van der Waals surface area contributed by atoms with Crippen LogP contribution < -0.4 is 11.1 Å². The Morgan fingerprint density at radius 3 is 2.45 bits per heavy atom. The van der Waals surface area contributed by atoms with E-state index >= 15 is 0 Å². The molecule has 0 saturated heterocycles. The van der Waals surface area contributed by atoms with Gasteiger partial charge in [0.05, 0.1) is 18.0 Å². The molecular formula is C19H11F5N6O2S. The molecule has 3 heterocycles. The molecule has 14 heteroatoms. The van der Waals surface area contributed by atoms with Crippen molar-refractivity contribution in [1.29, 1.82) is 0 Å². The van der Waals surface area contributed by atoms with Crippen molar-refractivity contribution in [2.45, 2.75) is 17.1 Å². The number of nitrogens with one attached hydrogen (secondary N) is 1. The van der Waals surface area contributed by atoms with Crippen molar-refractivity contribution in [1.82, 2.24) is 29.4 Å². The zero-order valence-corrected chi connectivity index (χ0v) is 17.0. The van der Waals surface area contributed by atoms with Crippen LogP contribution in [0.1, 0.15) is 16.7 Å². The third-order valence-electron chi connectivity index (χ3n) is 4.36. The number of aromatic nitrogens is 6. The summed E-state index contributed by atoms with van der Waals surface area (Å²) in [5.74, 6) is 0.0772. The van der Waals surface area contributed by atoms with Gasteiger partial charge >= 0.3 is 6.18 Å². The Morgan fingerprint density at radius 2 is 1.85 bits per heavy atom. The summed E-state index contributed by atoms with van der Waals surface area (Å²) < 4.78 is 65.7. The lowest BCUT2D eigenvalue weighted by Crippen LogP contribution is -2.26. The highest BCUT2D eigenvalue weighted by molar-refractivity contribution is 7.98. The van der Waals surface area contributed by atoms with Crippen molar-refractivity contribution in [2.24, 2.45) is 0 Å². The molecular weight excluding hydrogens is 471 g/mol. The molecule has 0 unspecified atom stereocenters. The number of halogens is 5. The van der Waals surface area contributed by atoms with E-state index in [0.29, 0.717) is 11.6 Å². The van der Waals surface area contributed by atoms with Gasteiger partial charge in [-0.2, -0.15) is 27.1 Å². The first-order valence-corrected chi connectivity index (χ1v) is 10.00. The summed E-state index contributed by atoms with van der Waals surface area (Å²) in [5, 5.41) is 8.03. The molecule has 0 aliphatic heterocycles. The van der Waals surface area contributed by atoms with Crippen LogP contribution in [0, 0.1) is 0 Å². The minimum atomic E-state index is -4.47. The minimum Gasteiger partial charge on any atom is -0.324 e.